The van der Waals surface area contributed by atoms with Gasteiger partial charge in [0.15, 0.2) is 0 Å². The Kier molecular flexibility index (Phi) is 7.01. The quantitative estimate of drug-likeness (QED) is 0.594. The Morgan fingerprint density at radius 3 is 2.64 bits per heavy atom. The molecule has 0 aliphatic carbocycles. The fourth-order valence-electron chi connectivity index (χ4n) is 5.56. The van der Waals surface area contributed by atoms with Gasteiger partial charge in [0.05, 0.1) is 16.5 Å². The zero-order chi connectivity index (χ0) is 25.3. The molecule has 2 saturated heterocycles. The van der Waals surface area contributed by atoms with E-state index in [0.717, 1.165) is 55.2 Å². The molecule has 1 aromatic heterocycles. The van der Waals surface area contributed by atoms with Crippen molar-refractivity contribution in [3.8, 4) is 0 Å². The Hall–Kier alpha value is -2.94. The van der Waals surface area contributed by atoms with Crippen LogP contribution in [-0.2, 0) is 27.4 Å². The first-order valence-electron chi connectivity index (χ1n) is 12.8. The number of nitrogens with zero attached hydrogens (tertiary/aromatic N) is 4. The number of rotatable bonds is 7. The second kappa shape index (κ2) is 10.2. The van der Waals surface area contributed by atoms with E-state index < -0.39 is 10.8 Å². The SMILES string of the molecule is C=C(C)NCC1(c2ccccc2)CCN(c2nc3c(c(N[C@H]4CCC(=O)N(C)C4)n2)S(=O)CC3)CC1. The standard InChI is InChI=1S/C27H36N6O2S/c1-19(2)28-18-27(20-7-5-4-6-8-20)12-14-33(15-13-27)26-30-22-11-16-36(35)24(22)25(31-26)29-21-9-10-23(34)32(3)17-21/h4-8,21,28H,1,9-18H2,2-3H3,(H,29,30,31)/t21-,36?/m0/s1. The van der Waals surface area contributed by atoms with E-state index in [1.165, 1.54) is 5.56 Å². The number of fused-ring (bicyclic) bond motifs is 1. The number of amides is 1. The molecule has 3 aliphatic heterocycles. The summed E-state index contributed by atoms with van der Waals surface area (Å²) in [6.07, 6.45) is 3.93. The summed E-state index contributed by atoms with van der Waals surface area (Å²) < 4.78 is 12.8. The molecule has 8 nitrogen and oxygen atoms in total. The molecule has 0 spiro atoms. The van der Waals surface area contributed by atoms with E-state index in [9.17, 15) is 9.00 Å². The third kappa shape index (κ3) is 4.98. The highest BCUT2D eigenvalue weighted by Gasteiger charge is 2.38. The van der Waals surface area contributed by atoms with E-state index in [4.69, 9.17) is 9.97 Å². The number of likely N-dealkylation sites (tertiary alicyclic amines) is 1. The maximum atomic E-state index is 12.8. The van der Waals surface area contributed by atoms with Crippen molar-refractivity contribution in [2.75, 3.05) is 49.2 Å². The Bertz CT molecular complexity index is 1160. The minimum Gasteiger partial charge on any atom is -0.388 e. The van der Waals surface area contributed by atoms with Gasteiger partial charge in [-0.2, -0.15) is 4.98 Å². The summed E-state index contributed by atoms with van der Waals surface area (Å²) in [6, 6.07) is 10.8. The molecular weight excluding hydrogens is 472 g/mol. The molecule has 1 amide bonds. The van der Waals surface area contributed by atoms with E-state index in [2.05, 4.69) is 52.4 Å². The van der Waals surface area contributed by atoms with Crippen LogP contribution in [0.2, 0.25) is 0 Å². The number of likely N-dealkylation sites (N-methyl/N-ethyl adjacent to an activating group) is 1. The second-order valence-corrected chi connectivity index (χ2v) is 11.9. The molecule has 36 heavy (non-hydrogen) atoms. The molecule has 9 heteroatoms. The van der Waals surface area contributed by atoms with E-state index >= 15 is 0 Å². The average Bonchev–Trinajstić information content (AvgIpc) is 3.26. The highest BCUT2D eigenvalue weighted by Crippen LogP contribution is 2.37. The fourth-order valence-corrected chi connectivity index (χ4v) is 6.87. The van der Waals surface area contributed by atoms with Crippen molar-refractivity contribution in [3.05, 3.63) is 53.9 Å². The van der Waals surface area contributed by atoms with E-state index in [1.54, 1.807) is 4.90 Å². The smallest absolute Gasteiger partial charge is 0.227 e. The van der Waals surface area contributed by atoms with Crippen LogP contribution in [0.25, 0.3) is 0 Å². The van der Waals surface area contributed by atoms with Gasteiger partial charge in [-0.25, -0.2) is 4.98 Å². The van der Waals surface area contributed by atoms with Crippen molar-refractivity contribution >= 4 is 28.5 Å². The first kappa shape index (κ1) is 24.7. The topological polar surface area (TPSA) is 90.5 Å². The van der Waals surface area contributed by atoms with Crippen molar-refractivity contribution < 1.29 is 9.00 Å². The number of allylic oxidation sites excluding steroid dienone is 1. The fraction of sp³-hybridized carbons (Fsp3) is 0.519. The first-order chi connectivity index (χ1) is 17.3. The number of hydrogen-bond acceptors (Lipinski definition) is 7. The molecule has 0 bridgehead atoms. The number of aromatic nitrogens is 2. The Morgan fingerprint density at radius 1 is 1.19 bits per heavy atom. The van der Waals surface area contributed by atoms with E-state index in [-0.39, 0.29) is 17.4 Å². The van der Waals surface area contributed by atoms with Crippen molar-refractivity contribution in [1.29, 1.82) is 0 Å². The Labute approximate surface area is 216 Å². The number of benzene rings is 1. The molecule has 1 aromatic carbocycles. The number of carbonyl (C=O) groups excluding carboxylic acids is 1. The Balaban J connectivity index is 1.38. The molecule has 2 fully saturated rings. The predicted octanol–water partition coefficient (Wildman–Crippen LogP) is 2.83. The van der Waals surface area contributed by atoms with Crippen LogP contribution in [0.5, 0.6) is 0 Å². The monoisotopic (exact) mass is 508 g/mol. The molecular formula is C27H36N6O2S. The van der Waals surface area contributed by atoms with E-state index in [1.807, 2.05) is 14.0 Å². The summed E-state index contributed by atoms with van der Waals surface area (Å²) in [5, 5.41) is 7.03. The predicted molar refractivity (Wildman–Crippen MR) is 144 cm³/mol. The average molecular weight is 509 g/mol. The molecule has 192 valence electrons. The molecule has 1 unspecified atom stereocenters. The first-order valence-corrected chi connectivity index (χ1v) is 14.2. The summed E-state index contributed by atoms with van der Waals surface area (Å²) in [7, 11) is 0.743. The lowest BCUT2D eigenvalue weighted by atomic mass is 9.72. The van der Waals surface area contributed by atoms with Crippen molar-refractivity contribution in [2.45, 2.75) is 55.4 Å². The number of anilines is 2. The van der Waals surface area contributed by atoms with Gasteiger partial charge in [-0.3, -0.25) is 9.00 Å². The number of aryl methyl sites for hydroxylation is 1. The van der Waals surface area contributed by atoms with Crippen molar-refractivity contribution in [3.63, 3.8) is 0 Å². The van der Waals surface area contributed by atoms with Gasteiger partial charge in [-0.15, -0.1) is 0 Å². The molecule has 2 N–H and O–H groups in total. The molecule has 3 aliphatic rings. The lowest BCUT2D eigenvalue weighted by Gasteiger charge is -2.43. The van der Waals surface area contributed by atoms with Gasteiger partial charge in [-0.1, -0.05) is 36.9 Å². The summed E-state index contributed by atoms with van der Waals surface area (Å²) in [5.74, 6) is 2.16. The lowest BCUT2D eigenvalue weighted by Crippen LogP contribution is -2.48. The number of hydrogen-bond donors (Lipinski definition) is 2. The molecule has 5 rings (SSSR count). The van der Waals surface area contributed by atoms with Crippen molar-refractivity contribution in [1.82, 2.24) is 20.2 Å². The molecule has 4 heterocycles. The molecule has 0 saturated carbocycles. The highest BCUT2D eigenvalue weighted by molar-refractivity contribution is 7.85. The number of carbonyl (C=O) groups is 1. The number of piperidine rings is 2. The van der Waals surface area contributed by atoms with Crippen LogP contribution < -0.4 is 15.5 Å². The summed E-state index contributed by atoms with van der Waals surface area (Å²) in [5.41, 5.74) is 3.25. The van der Waals surface area contributed by atoms with Gasteiger partial charge >= 0.3 is 0 Å². The van der Waals surface area contributed by atoms with Gasteiger partial charge in [0.1, 0.15) is 10.7 Å². The van der Waals surface area contributed by atoms with Crippen LogP contribution in [0.15, 0.2) is 47.5 Å². The third-order valence-electron chi connectivity index (χ3n) is 7.76. The van der Waals surface area contributed by atoms with E-state index in [0.29, 0.717) is 36.9 Å². The van der Waals surface area contributed by atoms with Gasteiger partial charge < -0.3 is 20.4 Å². The van der Waals surface area contributed by atoms with Gasteiger partial charge in [-0.05, 0) is 31.7 Å². The zero-order valence-corrected chi connectivity index (χ0v) is 22.1. The lowest BCUT2D eigenvalue weighted by molar-refractivity contribution is -0.132. The minimum absolute atomic E-state index is 0.0230. The molecule has 2 atom stereocenters. The maximum Gasteiger partial charge on any atom is 0.227 e. The number of nitrogens with one attached hydrogen (secondary N) is 2. The highest BCUT2D eigenvalue weighted by atomic mass is 32.2. The van der Waals surface area contributed by atoms with Gasteiger partial charge in [0.25, 0.3) is 0 Å². The van der Waals surface area contributed by atoms with Crippen LogP contribution in [-0.4, -0.2) is 70.0 Å². The summed E-state index contributed by atoms with van der Waals surface area (Å²) >= 11 is 0. The molecule has 0 radical (unpaired) electrons. The third-order valence-corrected chi connectivity index (χ3v) is 9.22. The van der Waals surface area contributed by atoms with Crippen molar-refractivity contribution in [2.24, 2.45) is 0 Å². The van der Waals surface area contributed by atoms with Crippen LogP contribution in [0.4, 0.5) is 11.8 Å². The second-order valence-electron chi connectivity index (χ2n) is 10.4. The normalized spacial score (nSPS) is 23.3. The van der Waals surface area contributed by atoms with Crippen LogP contribution in [0, 0.1) is 0 Å². The molecule has 2 aromatic rings. The van der Waals surface area contributed by atoms with Crippen LogP contribution >= 0.6 is 0 Å². The zero-order valence-electron chi connectivity index (χ0n) is 21.3. The minimum atomic E-state index is -1.09. The van der Waals surface area contributed by atoms with Crippen LogP contribution in [0.1, 0.15) is 43.9 Å². The Morgan fingerprint density at radius 2 is 1.94 bits per heavy atom. The van der Waals surface area contributed by atoms with Gasteiger partial charge in [0.2, 0.25) is 11.9 Å². The summed E-state index contributed by atoms with van der Waals surface area (Å²) in [6.45, 7) is 9.20. The van der Waals surface area contributed by atoms with Crippen LogP contribution in [0.3, 0.4) is 0 Å². The largest absolute Gasteiger partial charge is 0.388 e. The summed E-state index contributed by atoms with van der Waals surface area (Å²) in [4.78, 5) is 26.5. The maximum absolute atomic E-state index is 12.8. The van der Waals surface area contributed by atoms with Gasteiger partial charge in [0, 0.05) is 69.0 Å².